The van der Waals surface area contributed by atoms with Gasteiger partial charge < -0.3 is 4.74 Å². The van der Waals surface area contributed by atoms with Gasteiger partial charge in [0.05, 0.1) is 12.8 Å². The fourth-order valence-corrected chi connectivity index (χ4v) is 2.69. The van der Waals surface area contributed by atoms with Crippen molar-refractivity contribution in [2.24, 2.45) is 0 Å². The zero-order valence-electron chi connectivity index (χ0n) is 10.7. The lowest BCUT2D eigenvalue weighted by atomic mass is 10.3. The number of esters is 1. The average Bonchev–Trinajstić information content (AvgIpc) is 2.90. The van der Waals surface area contributed by atoms with Gasteiger partial charge >= 0.3 is 5.97 Å². The number of para-hydroxylation sites is 1. The molecule has 20 heavy (non-hydrogen) atoms. The van der Waals surface area contributed by atoms with Crippen LogP contribution in [0.25, 0.3) is 0 Å². The Bertz CT molecular complexity index is 695. The maximum atomic E-state index is 12.2. The lowest BCUT2D eigenvalue weighted by Crippen LogP contribution is -2.17. The number of sulfonamides is 1. The van der Waals surface area contributed by atoms with Crippen LogP contribution < -0.4 is 4.72 Å². The van der Waals surface area contributed by atoms with E-state index in [1.807, 2.05) is 0 Å². The maximum absolute atomic E-state index is 12.2. The van der Waals surface area contributed by atoms with Gasteiger partial charge in [0, 0.05) is 5.69 Å². The summed E-state index contributed by atoms with van der Waals surface area (Å²) >= 11 is 0. The van der Waals surface area contributed by atoms with Crippen molar-refractivity contribution >= 4 is 21.7 Å². The molecule has 106 valence electrons. The van der Waals surface area contributed by atoms with Gasteiger partial charge in [-0.3, -0.25) is 9.82 Å². The van der Waals surface area contributed by atoms with Gasteiger partial charge in [0.25, 0.3) is 10.0 Å². The number of carbonyl (C=O) groups excluding carboxylic acids is 1. The smallest absolute Gasteiger partial charge is 0.342 e. The molecule has 1 aromatic carbocycles. The van der Waals surface area contributed by atoms with Gasteiger partial charge in [-0.2, -0.15) is 13.5 Å². The lowest BCUT2D eigenvalue weighted by molar-refractivity contribution is 0.0522. The van der Waals surface area contributed by atoms with Crippen molar-refractivity contribution in [3.8, 4) is 0 Å². The van der Waals surface area contributed by atoms with Gasteiger partial charge in [-0.15, -0.1) is 0 Å². The SMILES string of the molecule is CCOC(=O)c1cn[nH]c1S(=O)(=O)Nc1ccccc1. The molecule has 2 aromatic rings. The van der Waals surface area contributed by atoms with E-state index in [2.05, 4.69) is 14.9 Å². The molecule has 0 unspecified atom stereocenters. The standard InChI is InChI=1S/C12H13N3O4S/c1-2-19-12(16)10-8-13-14-11(10)20(17,18)15-9-6-4-3-5-7-9/h3-8,15H,2H2,1H3,(H,13,14). The molecule has 0 aliphatic heterocycles. The lowest BCUT2D eigenvalue weighted by Gasteiger charge is -2.07. The van der Waals surface area contributed by atoms with Crippen LogP contribution in [0.3, 0.4) is 0 Å². The normalized spacial score (nSPS) is 11.1. The Kier molecular flexibility index (Phi) is 4.04. The van der Waals surface area contributed by atoms with Crippen molar-refractivity contribution in [3.05, 3.63) is 42.1 Å². The minimum Gasteiger partial charge on any atom is -0.462 e. The summed E-state index contributed by atoms with van der Waals surface area (Å²) in [7, 11) is -3.93. The van der Waals surface area contributed by atoms with Crippen molar-refractivity contribution in [1.82, 2.24) is 10.2 Å². The highest BCUT2D eigenvalue weighted by atomic mass is 32.2. The number of benzene rings is 1. The average molecular weight is 295 g/mol. The number of nitrogens with zero attached hydrogens (tertiary/aromatic N) is 1. The topological polar surface area (TPSA) is 101 Å². The fraction of sp³-hybridized carbons (Fsp3) is 0.167. The summed E-state index contributed by atoms with van der Waals surface area (Å²) in [6.45, 7) is 1.78. The molecule has 1 heterocycles. The number of aromatic nitrogens is 2. The summed E-state index contributed by atoms with van der Waals surface area (Å²) in [4.78, 5) is 11.7. The minimum absolute atomic E-state index is 0.129. The van der Waals surface area contributed by atoms with E-state index in [1.165, 1.54) is 0 Å². The van der Waals surface area contributed by atoms with Gasteiger partial charge in [0.2, 0.25) is 0 Å². The van der Waals surface area contributed by atoms with Crippen LogP contribution in [0.4, 0.5) is 5.69 Å². The Balaban J connectivity index is 2.31. The second kappa shape index (κ2) is 5.74. The van der Waals surface area contributed by atoms with Crippen LogP contribution in [0.5, 0.6) is 0 Å². The van der Waals surface area contributed by atoms with Crippen molar-refractivity contribution in [1.29, 1.82) is 0 Å². The molecular weight excluding hydrogens is 282 g/mol. The van der Waals surface area contributed by atoms with Crippen LogP contribution in [0.1, 0.15) is 17.3 Å². The number of anilines is 1. The summed E-state index contributed by atoms with van der Waals surface area (Å²) in [6, 6.07) is 8.34. The quantitative estimate of drug-likeness (QED) is 0.812. The van der Waals surface area contributed by atoms with Gasteiger partial charge in [0.15, 0.2) is 5.03 Å². The van der Waals surface area contributed by atoms with Crippen LogP contribution in [-0.4, -0.2) is 31.2 Å². The third-order valence-corrected chi connectivity index (χ3v) is 3.75. The predicted octanol–water partition coefficient (Wildman–Crippen LogP) is 1.39. The van der Waals surface area contributed by atoms with Crippen LogP contribution >= 0.6 is 0 Å². The van der Waals surface area contributed by atoms with E-state index in [1.54, 1.807) is 37.3 Å². The number of hydrogen-bond acceptors (Lipinski definition) is 5. The molecule has 0 radical (unpaired) electrons. The first-order valence-electron chi connectivity index (χ1n) is 5.83. The Morgan fingerprint density at radius 1 is 1.35 bits per heavy atom. The highest BCUT2D eigenvalue weighted by Gasteiger charge is 2.25. The van der Waals surface area contributed by atoms with E-state index < -0.39 is 16.0 Å². The van der Waals surface area contributed by atoms with E-state index >= 15 is 0 Å². The summed E-state index contributed by atoms with van der Waals surface area (Å²) in [5, 5.41) is 5.57. The molecule has 0 spiro atoms. The second-order valence-electron chi connectivity index (χ2n) is 3.80. The number of H-pyrrole nitrogens is 1. The van der Waals surface area contributed by atoms with Crippen LogP contribution in [0.2, 0.25) is 0 Å². The highest BCUT2D eigenvalue weighted by Crippen LogP contribution is 2.17. The maximum Gasteiger partial charge on any atom is 0.342 e. The van der Waals surface area contributed by atoms with Crippen LogP contribution in [-0.2, 0) is 14.8 Å². The highest BCUT2D eigenvalue weighted by molar-refractivity contribution is 7.92. The predicted molar refractivity (Wildman–Crippen MR) is 71.8 cm³/mol. The van der Waals surface area contributed by atoms with E-state index in [0.717, 1.165) is 6.20 Å². The number of nitrogens with one attached hydrogen (secondary N) is 2. The third-order valence-electron chi connectivity index (χ3n) is 2.39. The van der Waals surface area contributed by atoms with Gasteiger partial charge in [0.1, 0.15) is 5.56 Å². The summed E-state index contributed by atoms with van der Waals surface area (Å²) in [5.74, 6) is -0.741. The number of hydrogen-bond donors (Lipinski definition) is 2. The first kappa shape index (κ1) is 14.1. The van der Waals surface area contributed by atoms with E-state index in [-0.39, 0.29) is 17.2 Å². The Hall–Kier alpha value is -2.35. The van der Waals surface area contributed by atoms with Gasteiger partial charge in [-0.1, -0.05) is 18.2 Å². The minimum atomic E-state index is -3.93. The second-order valence-corrected chi connectivity index (χ2v) is 5.42. The molecule has 0 fully saturated rings. The fourth-order valence-electron chi connectivity index (χ4n) is 1.55. The van der Waals surface area contributed by atoms with E-state index in [9.17, 15) is 13.2 Å². The summed E-state index contributed by atoms with van der Waals surface area (Å²) < 4.78 is 31.5. The number of carbonyl (C=O) groups is 1. The molecule has 2 N–H and O–H groups in total. The molecule has 8 heteroatoms. The largest absolute Gasteiger partial charge is 0.462 e. The molecule has 0 saturated carbocycles. The summed E-state index contributed by atoms with van der Waals surface area (Å²) in [5.41, 5.74) is 0.257. The molecule has 0 atom stereocenters. The third kappa shape index (κ3) is 2.97. The number of rotatable bonds is 5. The van der Waals surface area contributed by atoms with Crippen molar-refractivity contribution in [2.45, 2.75) is 11.9 Å². The zero-order chi connectivity index (χ0) is 14.6. The number of ether oxygens (including phenoxy) is 1. The first-order chi connectivity index (χ1) is 9.54. The van der Waals surface area contributed by atoms with Crippen molar-refractivity contribution in [2.75, 3.05) is 11.3 Å². The Morgan fingerprint density at radius 3 is 2.70 bits per heavy atom. The molecule has 0 bridgehead atoms. The monoisotopic (exact) mass is 295 g/mol. The Morgan fingerprint density at radius 2 is 2.05 bits per heavy atom. The molecule has 0 amide bonds. The molecule has 2 rings (SSSR count). The number of aromatic amines is 1. The molecule has 0 saturated heterocycles. The molecule has 0 aliphatic carbocycles. The first-order valence-corrected chi connectivity index (χ1v) is 7.31. The van der Waals surface area contributed by atoms with Crippen LogP contribution in [0.15, 0.2) is 41.6 Å². The van der Waals surface area contributed by atoms with Gasteiger partial charge in [-0.05, 0) is 19.1 Å². The van der Waals surface area contributed by atoms with Crippen LogP contribution in [0, 0.1) is 0 Å². The molecule has 1 aromatic heterocycles. The Labute approximate surface area is 116 Å². The van der Waals surface area contributed by atoms with Gasteiger partial charge in [-0.25, -0.2) is 4.79 Å². The van der Waals surface area contributed by atoms with E-state index in [0.29, 0.717) is 5.69 Å². The molecule has 0 aliphatic rings. The molecule has 7 nitrogen and oxygen atoms in total. The van der Waals surface area contributed by atoms with Crippen molar-refractivity contribution < 1.29 is 17.9 Å². The molecular formula is C12H13N3O4S. The zero-order valence-corrected chi connectivity index (χ0v) is 11.5. The van der Waals surface area contributed by atoms with E-state index in [4.69, 9.17) is 4.74 Å². The summed E-state index contributed by atoms with van der Waals surface area (Å²) in [6.07, 6.45) is 1.12. The van der Waals surface area contributed by atoms with Crippen molar-refractivity contribution in [3.63, 3.8) is 0 Å².